The fraction of sp³-hybridized carbons (Fsp3) is 0.800. The quantitative estimate of drug-likeness (QED) is 0.240. The van der Waals surface area contributed by atoms with Crippen molar-refractivity contribution >= 4 is 35.4 Å². The number of nitrogens with zero attached hydrogens (tertiary/aromatic N) is 1. The molecule has 12 nitrogen and oxygen atoms in total. The molecule has 0 aromatic carbocycles. The number of Topliss-reactive ketones (excluding diaryl/α,β-unsaturated/α-hetero) is 1. The Morgan fingerprint density at radius 1 is 1.02 bits per heavy atom. The van der Waals surface area contributed by atoms with Crippen LogP contribution in [0, 0.1) is 29.1 Å². The number of likely N-dealkylation sites (N-methyl/N-ethyl adjacent to an activating group) is 1. The highest BCUT2D eigenvalue weighted by Crippen LogP contribution is 2.37. The molecule has 42 heavy (non-hydrogen) atoms. The van der Waals surface area contributed by atoms with Gasteiger partial charge in [0.1, 0.15) is 12.1 Å². The van der Waals surface area contributed by atoms with E-state index in [1.54, 1.807) is 6.92 Å². The Balaban J connectivity index is 2.43. The summed E-state index contributed by atoms with van der Waals surface area (Å²) in [6, 6.07) is -3.60. The van der Waals surface area contributed by atoms with Crippen molar-refractivity contribution in [3.63, 3.8) is 0 Å². The van der Waals surface area contributed by atoms with Crippen LogP contribution in [0.15, 0.2) is 0 Å². The number of urea groups is 1. The van der Waals surface area contributed by atoms with Gasteiger partial charge in [0, 0.05) is 31.1 Å². The molecule has 2 saturated heterocycles. The van der Waals surface area contributed by atoms with Crippen LogP contribution in [0.5, 0.6) is 0 Å². The predicted octanol–water partition coefficient (Wildman–Crippen LogP) is 1.33. The Hall–Kier alpha value is -3.18. The van der Waals surface area contributed by atoms with E-state index in [-0.39, 0.29) is 43.2 Å². The summed E-state index contributed by atoms with van der Waals surface area (Å²) in [5.74, 6) is -3.65. The van der Waals surface area contributed by atoms with Crippen molar-refractivity contribution in [3.8, 4) is 0 Å². The smallest absolute Gasteiger partial charge is 0.315 e. The van der Waals surface area contributed by atoms with Crippen molar-refractivity contribution < 1.29 is 28.8 Å². The minimum absolute atomic E-state index is 0.0111. The van der Waals surface area contributed by atoms with Gasteiger partial charge in [-0.25, -0.2) is 4.79 Å². The third kappa shape index (κ3) is 8.91. The molecule has 0 bridgehead atoms. The van der Waals surface area contributed by atoms with Crippen LogP contribution in [0.1, 0.15) is 82.1 Å². The highest BCUT2D eigenvalue weighted by molar-refractivity contribution is 6.38. The van der Waals surface area contributed by atoms with Gasteiger partial charge in [0.15, 0.2) is 0 Å². The summed E-state index contributed by atoms with van der Waals surface area (Å²) in [6.45, 7) is 19.6. The molecule has 0 aromatic heterocycles. The largest absolute Gasteiger partial charge is 0.356 e. The summed E-state index contributed by atoms with van der Waals surface area (Å²) >= 11 is 0. The number of likely N-dealkylation sites (tertiary alicyclic amines) is 1. The molecule has 0 aromatic rings. The summed E-state index contributed by atoms with van der Waals surface area (Å²) in [5, 5.41) is 13.6. The van der Waals surface area contributed by atoms with E-state index in [4.69, 9.17) is 0 Å². The Labute approximate surface area is 250 Å². The molecule has 2 heterocycles. The highest BCUT2D eigenvalue weighted by atomic mass is 16.2. The van der Waals surface area contributed by atoms with E-state index >= 15 is 0 Å². The van der Waals surface area contributed by atoms with Gasteiger partial charge in [-0.1, -0.05) is 41.5 Å². The molecule has 0 aliphatic carbocycles. The van der Waals surface area contributed by atoms with Gasteiger partial charge in [0.2, 0.25) is 23.5 Å². The molecule has 6 amide bonds. The topological polar surface area (TPSA) is 166 Å². The maximum Gasteiger partial charge on any atom is 0.315 e. The first kappa shape index (κ1) is 35.0. The molecule has 0 radical (unpaired) electrons. The molecular weight excluding hydrogens is 540 g/mol. The van der Waals surface area contributed by atoms with E-state index in [0.29, 0.717) is 13.0 Å². The number of hydrogen-bond acceptors (Lipinski definition) is 6. The van der Waals surface area contributed by atoms with Crippen molar-refractivity contribution in [3.05, 3.63) is 0 Å². The third-order valence-corrected chi connectivity index (χ3v) is 7.92. The lowest BCUT2D eigenvalue weighted by Crippen LogP contribution is -2.62. The zero-order valence-electron chi connectivity index (χ0n) is 27.0. The molecule has 2 aliphatic heterocycles. The van der Waals surface area contributed by atoms with Crippen LogP contribution >= 0.6 is 0 Å². The summed E-state index contributed by atoms with van der Waals surface area (Å²) in [6.07, 6.45) is 0.471. The van der Waals surface area contributed by atoms with Crippen molar-refractivity contribution in [1.82, 2.24) is 31.5 Å². The van der Waals surface area contributed by atoms with Crippen LogP contribution in [-0.2, 0) is 24.0 Å². The molecule has 6 atom stereocenters. The highest BCUT2D eigenvalue weighted by Gasteiger charge is 2.50. The average Bonchev–Trinajstić information content (AvgIpc) is 3.41. The van der Waals surface area contributed by atoms with Gasteiger partial charge in [-0.05, 0) is 63.7 Å². The maximum absolute atomic E-state index is 14.2. The van der Waals surface area contributed by atoms with Gasteiger partial charge in [0.25, 0.3) is 5.91 Å². The lowest BCUT2D eigenvalue weighted by Gasteiger charge is -2.37. The normalized spacial score (nSPS) is 24.1. The monoisotopic (exact) mass is 592 g/mol. The van der Waals surface area contributed by atoms with Crippen molar-refractivity contribution in [1.29, 1.82) is 0 Å². The zero-order chi connectivity index (χ0) is 32.2. The molecule has 2 rings (SSSR count). The van der Waals surface area contributed by atoms with Crippen LogP contribution in [-0.4, -0.2) is 83.6 Å². The molecule has 12 heteroatoms. The molecule has 0 spiro atoms. The number of hydrogen-bond donors (Lipinski definition) is 5. The van der Waals surface area contributed by atoms with Crippen LogP contribution in [0.2, 0.25) is 0 Å². The first-order chi connectivity index (χ1) is 19.3. The first-order valence-corrected chi connectivity index (χ1v) is 15.1. The Kier molecular flexibility index (Phi) is 11.6. The van der Waals surface area contributed by atoms with Crippen molar-refractivity contribution in [2.45, 2.75) is 106 Å². The lowest BCUT2D eigenvalue weighted by atomic mass is 9.81. The number of nitrogens with one attached hydrogen (secondary N) is 5. The van der Waals surface area contributed by atoms with Gasteiger partial charge in [-0.15, -0.1) is 0 Å². The zero-order valence-corrected chi connectivity index (χ0v) is 27.0. The van der Waals surface area contributed by atoms with Crippen LogP contribution in [0.3, 0.4) is 0 Å². The standard InChI is InChI=1S/C30H52N6O6/c1-11-31-26(40)22(37)19(14-18-12-13-32-24(18)38)33-25(39)21-20(16(2)3)17(4)15-36(21)27(41)23(29(5,6)7)34-28(42)35-30(8,9)10/h16-21,23H,11-15H2,1-10H3,(H,31,40)(H,32,38)(H,33,39)(H2,34,35,42)/t17-,18-,19-,20-,21-,23+/m0/s1. The number of amides is 6. The van der Waals surface area contributed by atoms with E-state index < -0.39 is 64.5 Å². The molecule has 5 N–H and O–H groups in total. The summed E-state index contributed by atoms with van der Waals surface area (Å²) in [5.41, 5.74) is -1.20. The molecule has 238 valence electrons. The van der Waals surface area contributed by atoms with E-state index in [1.807, 2.05) is 62.3 Å². The minimum atomic E-state index is -1.23. The second kappa shape index (κ2) is 13.9. The van der Waals surface area contributed by atoms with E-state index in [1.165, 1.54) is 4.90 Å². The van der Waals surface area contributed by atoms with Gasteiger partial charge in [0.05, 0.1) is 6.04 Å². The second-order valence-electron chi connectivity index (χ2n) is 14.2. The molecular formula is C30H52N6O6. The molecule has 2 fully saturated rings. The third-order valence-electron chi connectivity index (χ3n) is 7.92. The van der Waals surface area contributed by atoms with E-state index in [0.717, 1.165) is 0 Å². The number of carbonyl (C=O) groups excluding carboxylic acids is 6. The van der Waals surface area contributed by atoms with Crippen LogP contribution in [0.25, 0.3) is 0 Å². The number of carbonyl (C=O) groups is 6. The predicted molar refractivity (Wildman–Crippen MR) is 159 cm³/mol. The van der Waals surface area contributed by atoms with Gasteiger partial charge < -0.3 is 31.5 Å². The Morgan fingerprint density at radius 3 is 2.12 bits per heavy atom. The maximum atomic E-state index is 14.2. The van der Waals surface area contributed by atoms with Gasteiger partial charge in [-0.2, -0.15) is 0 Å². The fourth-order valence-corrected chi connectivity index (χ4v) is 6.00. The number of ketones is 1. The minimum Gasteiger partial charge on any atom is -0.356 e. The van der Waals surface area contributed by atoms with Crippen LogP contribution in [0.4, 0.5) is 4.79 Å². The SMILES string of the molecule is CCNC(=O)C(=O)[C@H](C[C@@H]1CCNC1=O)NC(=O)[C@@H]1[C@@H](C(C)C)[C@@H](C)CN1C(=O)[C@@H](NC(=O)NC(C)(C)C)C(C)(C)C. The summed E-state index contributed by atoms with van der Waals surface area (Å²) in [7, 11) is 0. The summed E-state index contributed by atoms with van der Waals surface area (Å²) in [4.78, 5) is 80.6. The van der Waals surface area contributed by atoms with Crippen molar-refractivity contribution in [2.24, 2.45) is 29.1 Å². The molecule has 2 aliphatic rings. The fourth-order valence-electron chi connectivity index (χ4n) is 6.00. The van der Waals surface area contributed by atoms with Crippen molar-refractivity contribution in [2.75, 3.05) is 19.6 Å². The second-order valence-corrected chi connectivity index (χ2v) is 14.2. The average molecular weight is 593 g/mol. The Bertz CT molecular complexity index is 1050. The van der Waals surface area contributed by atoms with Crippen LogP contribution < -0.4 is 26.6 Å². The van der Waals surface area contributed by atoms with E-state index in [9.17, 15) is 28.8 Å². The molecule has 0 saturated carbocycles. The summed E-state index contributed by atoms with van der Waals surface area (Å²) < 4.78 is 0. The van der Waals surface area contributed by atoms with Gasteiger partial charge >= 0.3 is 6.03 Å². The van der Waals surface area contributed by atoms with E-state index in [2.05, 4.69) is 26.6 Å². The number of rotatable bonds is 10. The Morgan fingerprint density at radius 2 is 1.64 bits per heavy atom. The lowest BCUT2D eigenvalue weighted by molar-refractivity contribution is -0.145. The molecule has 0 unspecified atom stereocenters. The van der Waals surface area contributed by atoms with Gasteiger partial charge in [-0.3, -0.25) is 24.0 Å². The first-order valence-electron chi connectivity index (χ1n) is 15.1.